The summed E-state index contributed by atoms with van der Waals surface area (Å²) < 4.78 is 0. The van der Waals surface area contributed by atoms with E-state index in [-0.39, 0.29) is 11.9 Å². The van der Waals surface area contributed by atoms with E-state index < -0.39 is 0 Å². The molecule has 1 aromatic carbocycles. The van der Waals surface area contributed by atoms with Gasteiger partial charge in [-0.25, -0.2) is 0 Å². The summed E-state index contributed by atoms with van der Waals surface area (Å²) in [6, 6.07) is 10.7. The number of nitrogens with one attached hydrogen (secondary N) is 1. The van der Waals surface area contributed by atoms with Crippen molar-refractivity contribution in [2.24, 2.45) is 5.92 Å². The second-order valence-electron chi connectivity index (χ2n) is 6.29. The molecular weight excluding hydrogens is 248 g/mol. The van der Waals surface area contributed by atoms with Gasteiger partial charge in [-0.1, -0.05) is 44.2 Å². The van der Waals surface area contributed by atoms with Gasteiger partial charge in [0, 0.05) is 25.2 Å². The van der Waals surface area contributed by atoms with Crippen LogP contribution in [0.25, 0.3) is 0 Å². The Morgan fingerprint density at radius 3 is 2.70 bits per heavy atom. The van der Waals surface area contributed by atoms with Crippen molar-refractivity contribution in [3.05, 3.63) is 35.9 Å². The number of carbonyl (C=O) groups excluding carboxylic acids is 1. The first-order chi connectivity index (χ1) is 9.56. The summed E-state index contributed by atoms with van der Waals surface area (Å²) in [6.07, 6.45) is 1.64. The van der Waals surface area contributed by atoms with E-state index in [0.29, 0.717) is 18.4 Å². The van der Waals surface area contributed by atoms with Crippen molar-refractivity contribution in [3.8, 4) is 0 Å². The molecule has 1 fully saturated rings. The molecule has 1 aromatic rings. The van der Waals surface area contributed by atoms with Gasteiger partial charge in [0.15, 0.2) is 0 Å². The fourth-order valence-corrected chi connectivity index (χ4v) is 2.88. The van der Waals surface area contributed by atoms with Crippen LogP contribution >= 0.6 is 0 Å². The number of hydrogen-bond acceptors (Lipinski definition) is 2. The molecule has 1 amide bonds. The average molecular weight is 274 g/mol. The van der Waals surface area contributed by atoms with Crippen LogP contribution in [0.1, 0.15) is 32.8 Å². The van der Waals surface area contributed by atoms with Gasteiger partial charge in [-0.15, -0.1) is 0 Å². The zero-order chi connectivity index (χ0) is 14.5. The van der Waals surface area contributed by atoms with E-state index in [1.807, 2.05) is 30.3 Å². The molecular formula is C17H26N2O. The van der Waals surface area contributed by atoms with Crippen LogP contribution in [0.5, 0.6) is 0 Å². The minimum absolute atomic E-state index is 0.249. The van der Waals surface area contributed by atoms with Crippen molar-refractivity contribution in [2.75, 3.05) is 13.1 Å². The molecule has 0 saturated carbocycles. The zero-order valence-corrected chi connectivity index (χ0v) is 12.8. The molecule has 1 aliphatic rings. The third-order valence-electron chi connectivity index (χ3n) is 3.93. The van der Waals surface area contributed by atoms with Crippen LogP contribution in [0.4, 0.5) is 0 Å². The molecule has 1 heterocycles. The third-order valence-corrected chi connectivity index (χ3v) is 3.93. The predicted octanol–water partition coefficient (Wildman–Crippen LogP) is 2.46. The van der Waals surface area contributed by atoms with E-state index >= 15 is 0 Å². The number of nitrogens with zero attached hydrogens (tertiary/aromatic N) is 1. The van der Waals surface area contributed by atoms with E-state index in [2.05, 4.69) is 31.0 Å². The monoisotopic (exact) mass is 274 g/mol. The van der Waals surface area contributed by atoms with Gasteiger partial charge in [0.25, 0.3) is 0 Å². The fourth-order valence-electron chi connectivity index (χ4n) is 2.88. The standard InChI is InChI=1S/C17H26N2O/c1-13(2)9-16-12-19(14(3)11-18-16)17(20)10-15-7-5-4-6-8-15/h4-8,13-14,16,18H,9-12H2,1-3H3. The summed E-state index contributed by atoms with van der Waals surface area (Å²) >= 11 is 0. The Morgan fingerprint density at radius 1 is 1.35 bits per heavy atom. The molecule has 110 valence electrons. The van der Waals surface area contributed by atoms with Crippen molar-refractivity contribution in [1.29, 1.82) is 0 Å². The van der Waals surface area contributed by atoms with Crippen LogP contribution in [0.15, 0.2) is 30.3 Å². The predicted molar refractivity (Wildman–Crippen MR) is 82.6 cm³/mol. The van der Waals surface area contributed by atoms with Crippen LogP contribution in [-0.4, -0.2) is 36.0 Å². The smallest absolute Gasteiger partial charge is 0.227 e. The van der Waals surface area contributed by atoms with Gasteiger partial charge in [0.2, 0.25) is 5.91 Å². The lowest BCUT2D eigenvalue weighted by atomic mass is 9.99. The van der Waals surface area contributed by atoms with Crippen molar-refractivity contribution in [2.45, 2.75) is 45.7 Å². The molecule has 0 radical (unpaired) electrons. The van der Waals surface area contributed by atoms with Crippen LogP contribution in [0.2, 0.25) is 0 Å². The summed E-state index contributed by atoms with van der Waals surface area (Å²) in [4.78, 5) is 14.6. The van der Waals surface area contributed by atoms with Gasteiger partial charge in [0.05, 0.1) is 6.42 Å². The minimum Gasteiger partial charge on any atom is -0.337 e. The molecule has 3 nitrogen and oxygen atoms in total. The van der Waals surface area contributed by atoms with Crippen molar-refractivity contribution in [3.63, 3.8) is 0 Å². The first kappa shape index (κ1) is 15.0. The molecule has 2 unspecified atom stereocenters. The van der Waals surface area contributed by atoms with E-state index in [1.54, 1.807) is 0 Å². The van der Waals surface area contributed by atoms with Gasteiger partial charge < -0.3 is 10.2 Å². The summed E-state index contributed by atoms with van der Waals surface area (Å²) in [5, 5.41) is 3.56. The van der Waals surface area contributed by atoms with Crippen molar-refractivity contribution >= 4 is 5.91 Å². The fraction of sp³-hybridized carbons (Fsp3) is 0.588. The quantitative estimate of drug-likeness (QED) is 0.915. The number of amides is 1. The SMILES string of the molecule is CC(C)CC1CN(C(=O)Cc2ccccc2)C(C)CN1. The zero-order valence-electron chi connectivity index (χ0n) is 12.8. The molecule has 1 saturated heterocycles. The van der Waals surface area contributed by atoms with Crippen molar-refractivity contribution in [1.82, 2.24) is 10.2 Å². The second-order valence-corrected chi connectivity index (χ2v) is 6.29. The highest BCUT2D eigenvalue weighted by molar-refractivity contribution is 5.79. The molecule has 1 N–H and O–H groups in total. The normalized spacial score (nSPS) is 23.1. The Kier molecular flexibility index (Phi) is 5.18. The van der Waals surface area contributed by atoms with Crippen LogP contribution < -0.4 is 5.32 Å². The van der Waals surface area contributed by atoms with Crippen molar-refractivity contribution < 1.29 is 4.79 Å². The van der Waals surface area contributed by atoms with Gasteiger partial charge >= 0.3 is 0 Å². The average Bonchev–Trinajstić information content (AvgIpc) is 2.41. The Balaban J connectivity index is 1.96. The molecule has 2 rings (SSSR count). The summed E-state index contributed by atoms with van der Waals surface area (Å²) in [6.45, 7) is 8.33. The molecule has 0 spiro atoms. The molecule has 3 heteroatoms. The Hall–Kier alpha value is -1.35. The lowest BCUT2D eigenvalue weighted by molar-refractivity contribution is -0.134. The van der Waals surface area contributed by atoms with E-state index in [4.69, 9.17) is 0 Å². The maximum absolute atomic E-state index is 12.5. The minimum atomic E-state index is 0.249. The van der Waals surface area contributed by atoms with Gasteiger partial charge in [-0.3, -0.25) is 4.79 Å². The topological polar surface area (TPSA) is 32.3 Å². The van der Waals surface area contributed by atoms with Gasteiger partial charge in [-0.2, -0.15) is 0 Å². The lowest BCUT2D eigenvalue weighted by Crippen LogP contribution is -2.57. The number of hydrogen-bond donors (Lipinski definition) is 1. The Morgan fingerprint density at radius 2 is 2.05 bits per heavy atom. The molecule has 0 aliphatic carbocycles. The summed E-state index contributed by atoms with van der Waals surface area (Å²) in [7, 11) is 0. The lowest BCUT2D eigenvalue weighted by Gasteiger charge is -2.39. The van der Waals surface area contributed by atoms with Crippen LogP contribution in [-0.2, 0) is 11.2 Å². The molecule has 20 heavy (non-hydrogen) atoms. The number of benzene rings is 1. The highest BCUT2D eigenvalue weighted by Crippen LogP contribution is 2.15. The Labute approximate surface area is 122 Å². The van der Waals surface area contributed by atoms with E-state index in [0.717, 1.165) is 25.1 Å². The van der Waals surface area contributed by atoms with Crippen LogP contribution in [0.3, 0.4) is 0 Å². The van der Waals surface area contributed by atoms with E-state index in [1.165, 1.54) is 0 Å². The maximum Gasteiger partial charge on any atom is 0.227 e. The van der Waals surface area contributed by atoms with Gasteiger partial charge in [0.1, 0.15) is 0 Å². The summed E-state index contributed by atoms with van der Waals surface area (Å²) in [5.41, 5.74) is 1.10. The highest BCUT2D eigenvalue weighted by atomic mass is 16.2. The number of rotatable bonds is 4. The largest absolute Gasteiger partial charge is 0.337 e. The number of piperazine rings is 1. The molecule has 1 aliphatic heterocycles. The molecule has 0 aromatic heterocycles. The maximum atomic E-state index is 12.5. The molecule has 0 bridgehead atoms. The van der Waals surface area contributed by atoms with Crippen LogP contribution in [0, 0.1) is 5.92 Å². The first-order valence-electron chi connectivity index (χ1n) is 7.63. The first-order valence-corrected chi connectivity index (χ1v) is 7.63. The number of carbonyl (C=O) groups is 1. The Bertz CT molecular complexity index is 430. The van der Waals surface area contributed by atoms with Gasteiger partial charge in [-0.05, 0) is 24.8 Å². The highest BCUT2D eigenvalue weighted by Gasteiger charge is 2.28. The molecule has 2 atom stereocenters. The second kappa shape index (κ2) is 6.89. The van der Waals surface area contributed by atoms with E-state index in [9.17, 15) is 4.79 Å². The summed E-state index contributed by atoms with van der Waals surface area (Å²) in [5.74, 6) is 0.908. The third kappa shape index (κ3) is 4.07.